The van der Waals surface area contributed by atoms with Crippen LogP contribution in [0.25, 0.3) is 20.3 Å². The zero-order valence-electron chi connectivity index (χ0n) is 14.5. The average molecular weight is 392 g/mol. The molecule has 0 atom stereocenters. The summed E-state index contributed by atoms with van der Waals surface area (Å²) in [5.41, 5.74) is 0.631. The highest BCUT2D eigenvalue weighted by atomic mass is 32.1. The first-order valence-electron chi connectivity index (χ1n) is 8.60. The molecule has 6 nitrogen and oxygen atoms in total. The smallest absolute Gasteiger partial charge is 0.272 e. The minimum absolute atomic E-state index is 0.0979. The van der Waals surface area contributed by atoms with E-state index in [0.29, 0.717) is 29.2 Å². The van der Waals surface area contributed by atoms with Crippen LogP contribution in [0.15, 0.2) is 29.1 Å². The monoisotopic (exact) mass is 391 g/mol. The van der Waals surface area contributed by atoms with Gasteiger partial charge in [-0.2, -0.15) is 0 Å². The number of nitrogens with one attached hydrogen (secondary N) is 2. The van der Waals surface area contributed by atoms with Gasteiger partial charge in [-0.15, -0.1) is 11.3 Å². The molecule has 0 aliphatic carbocycles. The van der Waals surface area contributed by atoms with Gasteiger partial charge in [-0.05, 0) is 31.6 Å². The number of benzene rings is 1. The van der Waals surface area contributed by atoms with Crippen LogP contribution >= 0.6 is 23.6 Å². The molecule has 0 aliphatic heterocycles. The number of amides is 1. The van der Waals surface area contributed by atoms with Crippen molar-refractivity contribution in [3.8, 4) is 0 Å². The van der Waals surface area contributed by atoms with Gasteiger partial charge in [-0.25, -0.2) is 0 Å². The Labute approximate surface area is 159 Å². The molecule has 2 N–H and O–H groups in total. The van der Waals surface area contributed by atoms with Crippen LogP contribution in [0.2, 0.25) is 0 Å². The molecule has 0 spiro atoms. The molecule has 0 fully saturated rings. The normalized spacial score (nSPS) is 11.3. The van der Waals surface area contributed by atoms with Crippen molar-refractivity contribution in [2.75, 3.05) is 19.8 Å². The number of hydrogen-bond acceptors (Lipinski definition) is 5. The Morgan fingerprint density at radius 1 is 1.38 bits per heavy atom. The molecule has 0 bridgehead atoms. The Bertz CT molecular complexity index is 1040. The standard InChI is InChI=1S/C18H21N3O3S2/c1-2-24-11-5-9-19-14(22)8-10-21-17(23)16-15(20-18(21)25)12-6-3-4-7-13(12)26-16/h3-4,6-7H,2,5,8-11H2,1H3,(H,19,22)(H,20,25). The minimum atomic E-state index is -0.144. The molecule has 26 heavy (non-hydrogen) atoms. The fourth-order valence-electron chi connectivity index (χ4n) is 2.76. The summed E-state index contributed by atoms with van der Waals surface area (Å²) in [6.07, 6.45) is 0.982. The van der Waals surface area contributed by atoms with E-state index in [2.05, 4.69) is 10.3 Å². The number of carbonyl (C=O) groups is 1. The first-order valence-corrected chi connectivity index (χ1v) is 9.83. The molecular weight excluding hydrogens is 370 g/mol. The maximum absolute atomic E-state index is 12.8. The van der Waals surface area contributed by atoms with Crippen molar-refractivity contribution in [3.05, 3.63) is 39.4 Å². The molecule has 138 valence electrons. The highest BCUT2D eigenvalue weighted by Crippen LogP contribution is 2.29. The fraction of sp³-hybridized carbons (Fsp3) is 0.389. The van der Waals surface area contributed by atoms with Crippen LogP contribution in [-0.4, -0.2) is 35.2 Å². The second-order valence-corrected chi connectivity index (χ2v) is 7.28. The van der Waals surface area contributed by atoms with Crippen molar-refractivity contribution in [2.45, 2.75) is 26.3 Å². The maximum atomic E-state index is 12.8. The summed E-state index contributed by atoms with van der Waals surface area (Å²) in [7, 11) is 0. The Morgan fingerprint density at radius 3 is 3.00 bits per heavy atom. The number of carbonyl (C=O) groups excluding carboxylic acids is 1. The summed E-state index contributed by atoms with van der Waals surface area (Å²) in [5, 5.41) is 3.83. The van der Waals surface area contributed by atoms with Crippen molar-refractivity contribution in [3.63, 3.8) is 0 Å². The van der Waals surface area contributed by atoms with Gasteiger partial charge >= 0.3 is 0 Å². The Balaban J connectivity index is 1.72. The average Bonchev–Trinajstić information content (AvgIpc) is 3.00. The van der Waals surface area contributed by atoms with Gasteiger partial charge in [0.05, 0.1) is 5.52 Å². The number of H-pyrrole nitrogens is 1. The van der Waals surface area contributed by atoms with Gasteiger partial charge in [-0.1, -0.05) is 18.2 Å². The van der Waals surface area contributed by atoms with Crippen LogP contribution < -0.4 is 10.9 Å². The summed E-state index contributed by atoms with van der Waals surface area (Å²) < 4.78 is 8.71. The van der Waals surface area contributed by atoms with Gasteiger partial charge in [0.2, 0.25) is 5.91 Å². The number of hydrogen-bond donors (Lipinski definition) is 2. The molecule has 2 heterocycles. The van der Waals surface area contributed by atoms with Crippen LogP contribution in [0.5, 0.6) is 0 Å². The van der Waals surface area contributed by atoms with Crippen LogP contribution in [0, 0.1) is 4.77 Å². The molecule has 3 aromatic rings. The Morgan fingerprint density at radius 2 is 2.19 bits per heavy atom. The van der Waals surface area contributed by atoms with Crippen molar-refractivity contribution in [1.82, 2.24) is 14.9 Å². The van der Waals surface area contributed by atoms with E-state index in [0.717, 1.165) is 22.0 Å². The molecule has 3 rings (SSSR count). The van der Waals surface area contributed by atoms with E-state index < -0.39 is 0 Å². The van der Waals surface area contributed by atoms with Crippen molar-refractivity contribution < 1.29 is 9.53 Å². The summed E-state index contributed by atoms with van der Waals surface area (Å²) >= 11 is 6.79. The second-order valence-electron chi connectivity index (χ2n) is 5.84. The Kier molecular flexibility index (Phi) is 6.18. The maximum Gasteiger partial charge on any atom is 0.272 e. The lowest BCUT2D eigenvalue weighted by Crippen LogP contribution is -2.29. The van der Waals surface area contributed by atoms with Crippen molar-refractivity contribution in [2.24, 2.45) is 0 Å². The quantitative estimate of drug-likeness (QED) is 0.457. The number of aromatic amines is 1. The van der Waals surface area contributed by atoms with Gasteiger partial charge < -0.3 is 15.0 Å². The van der Waals surface area contributed by atoms with E-state index in [1.807, 2.05) is 31.2 Å². The van der Waals surface area contributed by atoms with Gasteiger partial charge in [0.1, 0.15) is 4.70 Å². The van der Waals surface area contributed by atoms with E-state index in [1.165, 1.54) is 15.9 Å². The molecule has 0 saturated heterocycles. The SMILES string of the molecule is CCOCCCNC(=O)CCn1c(=S)[nH]c2c(sc3ccccc32)c1=O. The van der Waals surface area contributed by atoms with Crippen LogP contribution in [0.4, 0.5) is 0 Å². The lowest BCUT2D eigenvalue weighted by atomic mass is 10.2. The van der Waals surface area contributed by atoms with E-state index >= 15 is 0 Å². The summed E-state index contributed by atoms with van der Waals surface area (Å²) in [4.78, 5) is 27.9. The van der Waals surface area contributed by atoms with Gasteiger partial charge in [-0.3, -0.25) is 14.2 Å². The zero-order chi connectivity index (χ0) is 18.5. The van der Waals surface area contributed by atoms with Crippen LogP contribution in [0.3, 0.4) is 0 Å². The molecule has 1 aromatic carbocycles. The second kappa shape index (κ2) is 8.57. The van der Waals surface area contributed by atoms with Crippen molar-refractivity contribution in [1.29, 1.82) is 0 Å². The summed E-state index contributed by atoms with van der Waals surface area (Å²) in [6, 6.07) is 7.84. The highest BCUT2D eigenvalue weighted by molar-refractivity contribution is 7.71. The Hall–Kier alpha value is -2.03. The first-order chi connectivity index (χ1) is 12.6. The molecule has 0 unspecified atom stereocenters. The molecule has 0 saturated carbocycles. The lowest BCUT2D eigenvalue weighted by molar-refractivity contribution is -0.121. The predicted molar refractivity (Wildman–Crippen MR) is 108 cm³/mol. The number of aromatic nitrogens is 2. The van der Waals surface area contributed by atoms with Crippen LogP contribution in [-0.2, 0) is 16.1 Å². The largest absolute Gasteiger partial charge is 0.382 e. The molecule has 0 aliphatic rings. The molecule has 0 radical (unpaired) electrons. The molecular formula is C18H21N3O3S2. The predicted octanol–water partition coefficient (Wildman–Crippen LogP) is 3.21. The topological polar surface area (TPSA) is 76.1 Å². The zero-order valence-corrected chi connectivity index (χ0v) is 16.2. The summed E-state index contributed by atoms with van der Waals surface area (Å²) in [5.74, 6) is -0.0979. The van der Waals surface area contributed by atoms with E-state index in [9.17, 15) is 9.59 Å². The van der Waals surface area contributed by atoms with Gasteiger partial charge in [0.25, 0.3) is 5.56 Å². The fourth-order valence-corrected chi connectivity index (χ4v) is 4.14. The van der Waals surface area contributed by atoms with Gasteiger partial charge in [0, 0.05) is 42.8 Å². The summed E-state index contributed by atoms with van der Waals surface area (Å²) in [6.45, 7) is 4.07. The minimum Gasteiger partial charge on any atom is -0.382 e. The number of thiophene rings is 1. The van der Waals surface area contributed by atoms with E-state index in [1.54, 1.807) is 0 Å². The number of fused-ring (bicyclic) bond motifs is 3. The number of rotatable bonds is 8. The number of ether oxygens (including phenoxy) is 1. The third-order valence-electron chi connectivity index (χ3n) is 4.07. The third-order valence-corrected chi connectivity index (χ3v) is 5.55. The number of nitrogens with zero attached hydrogens (tertiary/aromatic N) is 1. The lowest BCUT2D eigenvalue weighted by Gasteiger charge is -2.08. The highest BCUT2D eigenvalue weighted by Gasteiger charge is 2.12. The van der Waals surface area contributed by atoms with Crippen molar-refractivity contribution >= 4 is 49.8 Å². The van der Waals surface area contributed by atoms with E-state index in [-0.39, 0.29) is 24.4 Å². The van der Waals surface area contributed by atoms with E-state index in [4.69, 9.17) is 17.0 Å². The molecule has 2 aromatic heterocycles. The van der Waals surface area contributed by atoms with Gasteiger partial charge in [0.15, 0.2) is 4.77 Å². The van der Waals surface area contributed by atoms with Crippen LogP contribution in [0.1, 0.15) is 19.8 Å². The third kappa shape index (κ3) is 4.03. The first kappa shape index (κ1) is 18.8. The molecule has 8 heteroatoms. The molecule has 1 amide bonds.